The Labute approximate surface area is 110 Å². The number of hydrogen-bond donors (Lipinski definition) is 1. The highest BCUT2D eigenvalue weighted by molar-refractivity contribution is 7.12. The van der Waals surface area contributed by atoms with E-state index in [1.165, 1.54) is 9.75 Å². The van der Waals surface area contributed by atoms with Gasteiger partial charge in [-0.15, -0.1) is 11.3 Å². The molecule has 0 aliphatic rings. The zero-order chi connectivity index (χ0) is 13.8. The third-order valence-corrected chi connectivity index (χ3v) is 4.00. The standard InChI is InChI=1S/C13H20F3NS/c1-9(5-4-8-13(14,15)16)17-11(3)12-7-6-10(2)18-12/h6-7,9,11,17H,4-5,8H2,1-3H3. The van der Waals surface area contributed by atoms with Gasteiger partial charge in [0.2, 0.25) is 0 Å². The maximum absolute atomic E-state index is 12.0. The Morgan fingerprint density at radius 1 is 1.28 bits per heavy atom. The molecule has 1 N–H and O–H groups in total. The second-order valence-corrected chi connectivity index (χ2v) is 6.06. The Balaban J connectivity index is 2.29. The molecular weight excluding hydrogens is 259 g/mol. The lowest BCUT2D eigenvalue weighted by Gasteiger charge is -2.19. The maximum Gasteiger partial charge on any atom is 0.389 e. The van der Waals surface area contributed by atoms with E-state index in [1.54, 1.807) is 11.3 Å². The van der Waals surface area contributed by atoms with Crippen LogP contribution in [-0.2, 0) is 0 Å². The number of thiophene rings is 1. The van der Waals surface area contributed by atoms with Crippen LogP contribution in [0.25, 0.3) is 0 Å². The first-order valence-corrected chi connectivity index (χ1v) is 6.98. The summed E-state index contributed by atoms with van der Waals surface area (Å²) in [7, 11) is 0. The zero-order valence-electron chi connectivity index (χ0n) is 11.0. The predicted molar refractivity (Wildman–Crippen MR) is 70.0 cm³/mol. The molecule has 1 heterocycles. The molecule has 1 nitrogen and oxygen atoms in total. The fourth-order valence-corrected chi connectivity index (χ4v) is 2.78. The summed E-state index contributed by atoms with van der Waals surface area (Å²) in [6.45, 7) is 6.03. The van der Waals surface area contributed by atoms with Crippen molar-refractivity contribution < 1.29 is 13.2 Å². The summed E-state index contributed by atoms with van der Waals surface area (Å²) in [5, 5.41) is 3.34. The fourth-order valence-electron chi connectivity index (χ4n) is 1.89. The van der Waals surface area contributed by atoms with E-state index in [1.807, 2.05) is 20.8 Å². The van der Waals surface area contributed by atoms with Gasteiger partial charge in [-0.1, -0.05) is 0 Å². The van der Waals surface area contributed by atoms with Gasteiger partial charge in [-0.05, 0) is 45.7 Å². The smallest absolute Gasteiger partial charge is 0.307 e. The van der Waals surface area contributed by atoms with Gasteiger partial charge < -0.3 is 5.32 Å². The first-order chi connectivity index (χ1) is 8.28. The Bertz CT molecular complexity index is 359. The average Bonchev–Trinajstić information content (AvgIpc) is 2.62. The molecule has 1 aromatic rings. The molecule has 0 amide bonds. The molecular formula is C13H20F3NS. The number of alkyl halides is 3. The number of rotatable bonds is 6. The summed E-state index contributed by atoms with van der Waals surface area (Å²) < 4.78 is 36.1. The molecule has 0 spiro atoms. The minimum atomic E-state index is -4.03. The number of hydrogen-bond acceptors (Lipinski definition) is 2. The normalized spacial score (nSPS) is 15.7. The molecule has 0 aliphatic heterocycles. The van der Waals surface area contributed by atoms with E-state index in [0.29, 0.717) is 6.42 Å². The largest absolute Gasteiger partial charge is 0.389 e. The van der Waals surface area contributed by atoms with Gasteiger partial charge in [0.1, 0.15) is 0 Å². The molecule has 0 saturated heterocycles. The monoisotopic (exact) mass is 279 g/mol. The van der Waals surface area contributed by atoms with Gasteiger partial charge in [0.15, 0.2) is 0 Å². The molecule has 0 radical (unpaired) electrons. The molecule has 1 aromatic heterocycles. The van der Waals surface area contributed by atoms with E-state index < -0.39 is 12.6 Å². The van der Waals surface area contributed by atoms with Crippen molar-refractivity contribution in [1.82, 2.24) is 5.32 Å². The van der Waals surface area contributed by atoms with Crippen LogP contribution in [0.5, 0.6) is 0 Å². The van der Waals surface area contributed by atoms with Crippen LogP contribution in [0.4, 0.5) is 13.2 Å². The minimum absolute atomic E-state index is 0.102. The summed E-state index contributed by atoms with van der Waals surface area (Å²) in [5.41, 5.74) is 0. The molecule has 0 fully saturated rings. The Kier molecular flexibility index (Phi) is 5.66. The predicted octanol–water partition coefficient (Wildman–Crippen LogP) is 4.83. The summed E-state index contributed by atoms with van der Waals surface area (Å²) in [6, 6.07) is 4.43. The van der Waals surface area contributed by atoms with Crippen LogP contribution in [-0.4, -0.2) is 12.2 Å². The Hall–Kier alpha value is -0.550. The highest BCUT2D eigenvalue weighted by Gasteiger charge is 2.26. The lowest BCUT2D eigenvalue weighted by atomic mass is 10.1. The molecule has 104 valence electrons. The van der Waals surface area contributed by atoms with Gasteiger partial charge in [0, 0.05) is 28.3 Å². The third-order valence-electron chi connectivity index (χ3n) is 2.82. The molecule has 0 bridgehead atoms. The number of nitrogens with one attached hydrogen (secondary N) is 1. The Morgan fingerprint density at radius 2 is 1.94 bits per heavy atom. The summed E-state index contributed by atoms with van der Waals surface area (Å²) in [6.07, 6.45) is -3.98. The van der Waals surface area contributed by atoms with E-state index in [4.69, 9.17) is 0 Å². The van der Waals surface area contributed by atoms with Gasteiger partial charge in [0.25, 0.3) is 0 Å². The molecule has 2 atom stereocenters. The van der Waals surface area contributed by atoms with Crippen molar-refractivity contribution in [3.63, 3.8) is 0 Å². The van der Waals surface area contributed by atoms with E-state index in [2.05, 4.69) is 17.4 Å². The van der Waals surface area contributed by atoms with Gasteiger partial charge >= 0.3 is 6.18 Å². The van der Waals surface area contributed by atoms with Crippen molar-refractivity contribution in [1.29, 1.82) is 0 Å². The first-order valence-electron chi connectivity index (χ1n) is 6.17. The van der Waals surface area contributed by atoms with Crippen molar-refractivity contribution in [3.8, 4) is 0 Å². The zero-order valence-corrected chi connectivity index (χ0v) is 11.8. The van der Waals surface area contributed by atoms with Crippen molar-refractivity contribution in [2.24, 2.45) is 0 Å². The van der Waals surface area contributed by atoms with Crippen molar-refractivity contribution >= 4 is 11.3 Å². The summed E-state index contributed by atoms with van der Waals surface area (Å²) in [5.74, 6) is 0. The van der Waals surface area contributed by atoms with Crippen LogP contribution in [0.15, 0.2) is 12.1 Å². The van der Waals surface area contributed by atoms with Gasteiger partial charge in [0.05, 0.1) is 0 Å². The van der Waals surface area contributed by atoms with Crippen molar-refractivity contribution in [2.45, 2.75) is 58.3 Å². The molecule has 18 heavy (non-hydrogen) atoms. The number of halogens is 3. The SMILES string of the molecule is Cc1ccc(C(C)NC(C)CCCC(F)(F)F)s1. The summed E-state index contributed by atoms with van der Waals surface area (Å²) >= 11 is 1.72. The van der Waals surface area contributed by atoms with Crippen LogP contribution in [0.2, 0.25) is 0 Å². The average molecular weight is 279 g/mol. The van der Waals surface area contributed by atoms with Crippen LogP contribution >= 0.6 is 11.3 Å². The van der Waals surface area contributed by atoms with Crippen molar-refractivity contribution in [2.75, 3.05) is 0 Å². The molecule has 0 aromatic carbocycles. The first kappa shape index (κ1) is 15.5. The maximum atomic E-state index is 12.0. The van der Waals surface area contributed by atoms with E-state index in [-0.39, 0.29) is 18.5 Å². The number of aryl methyl sites for hydroxylation is 1. The van der Waals surface area contributed by atoms with E-state index in [9.17, 15) is 13.2 Å². The molecule has 2 unspecified atom stereocenters. The Morgan fingerprint density at radius 3 is 2.44 bits per heavy atom. The molecule has 1 rings (SSSR count). The molecule has 0 aliphatic carbocycles. The lowest BCUT2D eigenvalue weighted by Crippen LogP contribution is -2.28. The fraction of sp³-hybridized carbons (Fsp3) is 0.692. The minimum Gasteiger partial charge on any atom is -0.307 e. The second kappa shape index (κ2) is 6.57. The second-order valence-electron chi connectivity index (χ2n) is 4.75. The van der Waals surface area contributed by atoms with Crippen LogP contribution < -0.4 is 5.32 Å². The molecule has 0 saturated carbocycles. The van der Waals surface area contributed by atoms with Gasteiger partial charge in [-0.25, -0.2) is 0 Å². The van der Waals surface area contributed by atoms with Crippen LogP contribution in [0, 0.1) is 6.92 Å². The van der Waals surface area contributed by atoms with Crippen LogP contribution in [0.3, 0.4) is 0 Å². The van der Waals surface area contributed by atoms with Gasteiger partial charge in [-0.2, -0.15) is 13.2 Å². The topological polar surface area (TPSA) is 12.0 Å². The lowest BCUT2D eigenvalue weighted by molar-refractivity contribution is -0.135. The highest BCUT2D eigenvalue weighted by Crippen LogP contribution is 2.25. The summed E-state index contributed by atoms with van der Waals surface area (Å²) in [4.78, 5) is 2.48. The van der Waals surface area contributed by atoms with Gasteiger partial charge in [-0.3, -0.25) is 0 Å². The highest BCUT2D eigenvalue weighted by atomic mass is 32.1. The van der Waals surface area contributed by atoms with Crippen molar-refractivity contribution in [3.05, 3.63) is 21.9 Å². The third kappa shape index (κ3) is 5.87. The van der Waals surface area contributed by atoms with Crippen LogP contribution in [0.1, 0.15) is 48.9 Å². The van der Waals surface area contributed by atoms with E-state index in [0.717, 1.165) is 0 Å². The van der Waals surface area contributed by atoms with E-state index >= 15 is 0 Å². The molecule has 5 heteroatoms. The quantitative estimate of drug-likeness (QED) is 0.786.